The minimum atomic E-state index is -3.08. The van der Waals surface area contributed by atoms with Crippen LogP contribution in [0.25, 0.3) is 10.9 Å². The van der Waals surface area contributed by atoms with Crippen molar-refractivity contribution in [3.8, 4) is 6.07 Å². The highest BCUT2D eigenvalue weighted by atomic mass is 79.9. The summed E-state index contributed by atoms with van der Waals surface area (Å²) in [6, 6.07) is 5.90. The lowest BCUT2D eigenvalue weighted by molar-refractivity contribution is -0.131. The van der Waals surface area contributed by atoms with E-state index in [1.54, 1.807) is 18.2 Å². The van der Waals surface area contributed by atoms with Crippen LogP contribution in [0, 0.1) is 11.3 Å². The second-order valence-electron chi connectivity index (χ2n) is 5.80. The summed E-state index contributed by atoms with van der Waals surface area (Å²) >= 11 is 3.32. The number of aromatic amines is 1. The van der Waals surface area contributed by atoms with Gasteiger partial charge in [0.2, 0.25) is 5.91 Å². The predicted octanol–water partition coefficient (Wildman–Crippen LogP) is 2.42. The van der Waals surface area contributed by atoms with Gasteiger partial charge in [-0.3, -0.25) is 9.59 Å². The van der Waals surface area contributed by atoms with Gasteiger partial charge in [0, 0.05) is 28.0 Å². The minimum absolute atomic E-state index is 0.340. The van der Waals surface area contributed by atoms with Crippen molar-refractivity contribution in [1.82, 2.24) is 15.2 Å². The van der Waals surface area contributed by atoms with Gasteiger partial charge >= 0.3 is 0 Å². The normalized spacial score (nSPS) is 19.0. The Labute approximate surface area is 149 Å². The number of rotatable bonds is 3. The summed E-state index contributed by atoms with van der Waals surface area (Å²) in [6.45, 7) is -1.26. The first-order valence-electron chi connectivity index (χ1n) is 7.42. The van der Waals surface area contributed by atoms with Crippen molar-refractivity contribution in [3.05, 3.63) is 34.4 Å². The van der Waals surface area contributed by atoms with E-state index in [-0.39, 0.29) is 0 Å². The zero-order chi connectivity index (χ0) is 18.2. The molecule has 130 valence electrons. The highest BCUT2D eigenvalue weighted by Crippen LogP contribution is 2.31. The molecular formula is C16H13BrF2N4O2. The fourth-order valence-corrected chi connectivity index (χ4v) is 3.19. The largest absolute Gasteiger partial charge is 0.360 e. The summed E-state index contributed by atoms with van der Waals surface area (Å²) in [5.74, 6) is -4.29. The highest BCUT2D eigenvalue weighted by Gasteiger charge is 2.47. The van der Waals surface area contributed by atoms with Crippen LogP contribution in [-0.4, -0.2) is 46.8 Å². The second kappa shape index (κ2) is 6.44. The summed E-state index contributed by atoms with van der Waals surface area (Å²) < 4.78 is 27.6. The Hall–Kier alpha value is -2.47. The van der Waals surface area contributed by atoms with Gasteiger partial charge in [0.25, 0.3) is 11.8 Å². The van der Waals surface area contributed by atoms with E-state index in [4.69, 9.17) is 5.26 Å². The van der Waals surface area contributed by atoms with Gasteiger partial charge in [-0.25, -0.2) is 8.78 Å². The van der Waals surface area contributed by atoms with Gasteiger partial charge in [-0.1, -0.05) is 15.9 Å². The molecule has 2 aromatic rings. The summed E-state index contributed by atoms with van der Waals surface area (Å²) in [6.07, 6.45) is 0.832. The number of H-pyrrole nitrogens is 1. The van der Waals surface area contributed by atoms with Crippen LogP contribution in [0.2, 0.25) is 0 Å². The van der Waals surface area contributed by atoms with Gasteiger partial charge in [-0.15, -0.1) is 0 Å². The summed E-state index contributed by atoms with van der Waals surface area (Å²) in [4.78, 5) is 28.2. The number of benzene rings is 1. The molecule has 25 heavy (non-hydrogen) atoms. The van der Waals surface area contributed by atoms with E-state index in [0.29, 0.717) is 10.9 Å². The first-order chi connectivity index (χ1) is 11.8. The molecule has 6 nitrogen and oxygen atoms in total. The number of halogens is 3. The molecule has 2 N–H and O–H groups in total. The van der Waals surface area contributed by atoms with Crippen molar-refractivity contribution in [2.75, 3.05) is 13.1 Å². The van der Waals surface area contributed by atoms with E-state index < -0.39 is 43.3 Å². The van der Waals surface area contributed by atoms with Gasteiger partial charge < -0.3 is 15.2 Å². The monoisotopic (exact) mass is 410 g/mol. The molecule has 1 aromatic carbocycles. The third kappa shape index (κ3) is 3.49. The lowest BCUT2D eigenvalue weighted by Gasteiger charge is -2.19. The predicted molar refractivity (Wildman–Crippen MR) is 89.0 cm³/mol. The first-order valence-corrected chi connectivity index (χ1v) is 8.22. The maximum absolute atomic E-state index is 13.4. The molecule has 2 heterocycles. The molecular weight excluding hydrogens is 398 g/mol. The van der Waals surface area contributed by atoms with Crippen LogP contribution >= 0.6 is 15.9 Å². The minimum Gasteiger partial charge on any atom is -0.360 e. The number of fused-ring (bicyclic) bond motifs is 1. The van der Waals surface area contributed by atoms with Crippen molar-refractivity contribution in [2.45, 2.75) is 18.4 Å². The van der Waals surface area contributed by atoms with Crippen LogP contribution in [-0.2, 0) is 4.79 Å². The van der Waals surface area contributed by atoms with E-state index >= 15 is 0 Å². The highest BCUT2D eigenvalue weighted by molar-refractivity contribution is 9.10. The molecule has 0 bridgehead atoms. The topological polar surface area (TPSA) is 89.0 Å². The summed E-state index contributed by atoms with van der Waals surface area (Å²) in [5.41, 5.74) is 1.09. The number of hydrogen-bond acceptors (Lipinski definition) is 3. The third-order valence-electron chi connectivity index (χ3n) is 4.03. The maximum Gasteiger partial charge on any atom is 0.268 e. The summed E-state index contributed by atoms with van der Waals surface area (Å²) in [7, 11) is 0. The molecule has 1 aromatic heterocycles. The Morgan fingerprint density at radius 2 is 2.24 bits per heavy atom. The number of likely N-dealkylation sites (tertiary alicyclic amines) is 1. The SMILES string of the molecule is N#C[C@@H]1CC(F)(F)CN1C(=O)CNC(=O)c1c[nH]c2ccc(Br)cc12. The van der Waals surface area contributed by atoms with E-state index in [0.717, 1.165) is 14.9 Å². The van der Waals surface area contributed by atoms with Crippen molar-refractivity contribution in [3.63, 3.8) is 0 Å². The van der Waals surface area contributed by atoms with Crippen LogP contribution in [0.15, 0.2) is 28.9 Å². The molecule has 0 unspecified atom stereocenters. The Bertz CT molecular complexity index is 890. The number of alkyl halides is 2. The average Bonchev–Trinajstić information content (AvgIpc) is 3.12. The fourth-order valence-electron chi connectivity index (χ4n) is 2.83. The molecule has 0 spiro atoms. The van der Waals surface area contributed by atoms with Crippen molar-refractivity contribution in [1.29, 1.82) is 5.26 Å². The number of hydrogen-bond donors (Lipinski definition) is 2. The van der Waals surface area contributed by atoms with Crippen LogP contribution in [0.4, 0.5) is 8.78 Å². The van der Waals surface area contributed by atoms with E-state index in [9.17, 15) is 18.4 Å². The average molecular weight is 411 g/mol. The molecule has 1 atom stereocenters. The Kier molecular flexibility index (Phi) is 4.47. The van der Waals surface area contributed by atoms with Crippen molar-refractivity contribution >= 4 is 38.6 Å². The van der Waals surface area contributed by atoms with Gasteiger partial charge in [-0.05, 0) is 18.2 Å². The Morgan fingerprint density at radius 3 is 2.96 bits per heavy atom. The molecule has 0 radical (unpaired) electrons. The molecule has 3 rings (SSSR count). The van der Waals surface area contributed by atoms with Gasteiger partial charge in [0.15, 0.2) is 0 Å². The van der Waals surface area contributed by atoms with Crippen molar-refractivity contribution < 1.29 is 18.4 Å². The second-order valence-corrected chi connectivity index (χ2v) is 6.72. The third-order valence-corrected chi connectivity index (χ3v) is 4.52. The molecule has 1 saturated heterocycles. The van der Waals surface area contributed by atoms with Crippen LogP contribution in [0.3, 0.4) is 0 Å². The number of nitrogens with zero attached hydrogens (tertiary/aromatic N) is 2. The maximum atomic E-state index is 13.4. The van der Waals surface area contributed by atoms with Gasteiger partial charge in [0.1, 0.15) is 6.04 Å². The lowest BCUT2D eigenvalue weighted by Crippen LogP contribution is -2.42. The van der Waals surface area contributed by atoms with Crippen LogP contribution in [0.1, 0.15) is 16.8 Å². The zero-order valence-corrected chi connectivity index (χ0v) is 14.4. The molecule has 9 heteroatoms. The number of nitriles is 1. The Morgan fingerprint density at radius 1 is 1.48 bits per heavy atom. The van der Waals surface area contributed by atoms with Gasteiger partial charge in [0.05, 0.1) is 24.7 Å². The molecule has 1 aliphatic heterocycles. The van der Waals surface area contributed by atoms with E-state index in [1.807, 2.05) is 6.07 Å². The smallest absolute Gasteiger partial charge is 0.268 e. The standard InChI is InChI=1S/C16H13BrF2N4O2/c17-9-1-2-13-11(3-9)12(6-21-13)15(25)22-7-14(24)23-8-16(18,19)4-10(23)5-20/h1-3,6,10,21H,4,7-8H2,(H,22,25)/t10-/m0/s1. The number of aromatic nitrogens is 1. The Balaban J connectivity index is 1.69. The molecule has 0 saturated carbocycles. The van der Waals surface area contributed by atoms with E-state index in [1.165, 1.54) is 6.20 Å². The number of carbonyl (C=O) groups is 2. The molecule has 2 amide bonds. The van der Waals surface area contributed by atoms with Crippen LogP contribution < -0.4 is 5.32 Å². The first kappa shape index (κ1) is 17.4. The van der Waals surface area contributed by atoms with Gasteiger partial charge in [-0.2, -0.15) is 5.26 Å². The summed E-state index contributed by atoms with van der Waals surface area (Å²) in [5, 5.41) is 12.0. The zero-order valence-electron chi connectivity index (χ0n) is 12.9. The van der Waals surface area contributed by atoms with Crippen molar-refractivity contribution in [2.24, 2.45) is 0 Å². The lowest BCUT2D eigenvalue weighted by atomic mass is 10.1. The number of amides is 2. The molecule has 1 fully saturated rings. The quantitative estimate of drug-likeness (QED) is 0.813. The number of carbonyl (C=O) groups excluding carboxylic acids is 2. The number of nitrogens with one attached hydrogen (secondary N) is 2. The fraction of sp³-hybridized carbons (Fsp3) is 0.312. The molecule has 0 aliphatic carbocycles. The molecule has 1 aliphatic rings. The van der Waals surface area contributed by atoms with Crippen LogP contribution in [0.5, 0.6) is 0 Å². The van der Waals surface area contributed by atoms with E-state index in [2.05, 4.69) is 26.2 Å².